The highest BCUT2D eigenvalue weighted by atomic mass is 32.1. The topological polar surface area (TPSA) is 116 Å². The molecule has 10 heteroatoms. The maximum Gasteiger partial charge on any atom is 0.221 e. The number of hydrogen-bond donors (Lipinski definition) is 2. The molecule has 0 spiro atoms. The molecule has 0 aliphatic heterocycles. The minimum Gasteiger partial charge on any atom is -0.377 e. The van der Waals surface area contributed by atoms with Crippen molar-refractivity contribution in [3.05, 3.63) is 34.5 Å². The van der Waals surface area contributed by atoms with Crippen LogP contribution in [0, 0.1) is 12.8 Å². The fourth-order valence-corrected chi connectivity index (χ4v) is 5.81. The number of rotatable bonds is 4. The summed E-state index contributed by atoms with van der Waals surface area (Å²) in [4.78, 5) is 23.1. The molecule has 148 valence electrons. The minimum absolute atomic E-state index is 0.218. The van der Waals surface area contributed by atoms with Crippen LogP contribution in [-0.4, -0.2) is 32.6 Å². The number of carbonyl (C=O) groups excluding carboxylic acids is 1. The molecule has 1 aliphatic rings. The lowest BCUT2D eigenvalue weighted by molar-refractivity contribution is -0.123. The number of nitrogens with zero attached hydrogens (tertiary/aromatic N) is 4. The number of carbonyl (C=O) groups is 1. The van der Waals surface area contributed by atoms with E-state index in [0.29, 0.717) is 18.7 Å². The van der Waals surface area contributed by atoms with E-state index in [1.54, 1.807) is 18.4 Å². The van der Waals surface area contributed by atoms with Crippen molar-refractivity contribution in [3.63, 3.8) is 0 Å². The van der Waals surface area contributed by atoms with Gasteiger partial charge in [0.1, 0.15) is 22.0 Å². The molecular weight excluding hydrogens is 408 g/mol. The fourth-order valence-electron chi connectivity index (χ4n) is 3.86. The number of hydrogen-bond acceptors (Lipinski definition) is 9. The van der Waals surface area contributed by atoms with Crippen LogP contribution in [0.1, 0.15) is 28.8 Å². The molecule has 0 saturated heterocycles. The summed E-state index contributed by atoms with van der Waals surface area (Å²) in [6.07, 6.45) is 0.962. The van der Waals surface area contributed by atoms with E-state index in [9.17, 15) is 4.79 Å². The second-order valence-corrected chi connectivity index (χ2v) is 8.95. The summed E-state index contributed by atoms with van der Waals surface area (Å²) in [6.45, 7) is 1.87. The van der Waals surface area contributed by atoms with Crippen LogP contribution < -0.4 is 11.1 Å². The molecule has 8 nitrogen and oxygen atoms in total. The largest absolute Gasteiger partial charge is 0.377 e. The first kappa shape index (κ1) is 18.3. The third kappa shape index (κ3) is 3.13. The first-order chi connectivity index (χ1) is 14.0. The summed E-state index contributed by atoms with van der Waals surface area (Å²) < 4.78 is 10.7. The Morgan fingerprint density at radius 1 is 1.34 bits per heavy atom. The summed E-state index contributed by atoms with van der Waals surface area (Å²) in [6, 6.07) is 5.91. The number of primary amides is 1. The summed E-state index contributed by atoms with van der Waals surface area (Å²) in [7, 11) is 1.66. The van der Waals surface area contributed by atoms with E-state index in [1.165, 1.54) is 11.5 Å². The highest BCUT2D eigenvalue weighted by molar-refractivity contribution is 7.19. The molecule has 0 radical (unpaired) electrons. The van der Waals surface area contributed by atoms with Gasteiger partial charge in [0.2, 0.25) is 5.91 Å². The van der Waals surface area contributed by atoms with E-state index >= 15 is 0 Å². The first-order valence-corrected chi connectivity index (χ1v) is 10.7. The van der Waals surface area contributed by atoms with Crippen molar-refractivity contribution < 1.29 is 9.53 Å². The number of fused-ring (bicyclic) bond motifs is 4. The average Bonchev–Trinajstić information content (AvgIpc) is 3.30. The van der Waals surface area contributed by atoms with E-state index in [1.807, 2.05) is 25.1 Å². The molecule has 3 N–H and O–H groups in total. The summed E-state index contributed by atoms with van der Waals surface area (Å²) in [5, 5.41) is 8.48. The molecule has 0 fully saturated rings. The number of nitrogens with one attached hydrogen (secondary N) is 1. The van der Waals surface area contributed by atoms with E-state index in [-0.39, 0.29) is 17.9 Å². The van der Waals surface area contributed by atoms with Gasteiger partial charge in [0.15, 0.2) is 0 Å². The molecule has 3 aromatic heterocycles. The molecular formula is C19H18N6O2S2. The number of amides is 1. The molecule has 1 unspecified atom stereocenters. The number of nitrogens with two attached hydrogens (primary N) is 1. The average molecular weight is 427 g/mol. The smallest absolute Gasteiger partial charge is 0.221 e. The van der Waals surface area contributed by atoms with Gasteiger partial charge in [0, 0.05) is 29.2 Å². The van der Waals surface area contributed by atoms with Gasteiger partial charge in [-0.25, -0.2) is 9.97 Å². The second-order valence-electron chi connectivity index (χ2n) is 7.08. The maximum absolute atomic E-state index is 11.8. The Bertz CT molecular complexity index is 1250. The van der Waals surface area contributed by atoms with Crippen LogP contribution in [0.3, 0.4) is 0 Å². The Morgan fingerprint density at radius 2 is 2.21 bits per heavy atom. The molecule has 5 rings (SSSR count). The monoisotopic (exact) mass is 426 g/mol. The van der Waals surface area contributed by atoms with Gasteiger partial charge in [-0.15, -0.1) is 16.4 Å². The predicted molar refractivity (Wildman–Crippen MR) is 114 cm³/mol. The second kappa shape index (κ2) is 6.97. The van der Waals surface area contributed by atoms with Gasteiger partial charge >= 0.3 is 0 Å². The molecule has 1 amide bonds. The van der Waals surface area contributed by atoms with Crippen LogP contribution in [0.4, 0.5) is 11.5 Å². The molecule has 1 aliphatic carbocycles. The van der Waals surface area contributed by atoms with Gasteiger partial charge in [0.25, 0.3) is 0 Å². The lowest BCUT2D eigenvalue weighted by Gasteiger charge is -2.27. The SMILES string of the molecule is COC1C[C@H](C(N)=O)Cc2sc3nc(C)nc(Nc4ccc5nnsc5c4)c3c21. The normalized spacial score (nSPS) is 18.8. The Balaban J connectivity index is 1.64. The summed E-state index contributed by atoms with van der Waals surface area (Å²) >= 11 is 2.94. The van der Waals surface area contributed by atoms with Crippen molar-refractivity contribution in [1.82, 2.24) is 19.6 Å². The van der Waals surface area contributed by atoms with Gasteiger partial charge in [0.05, 0.1) is 16.2 Å². The molecule has 0 saturated carbocycles. The highest BCUT2D eigenvalue weighted by Gasteiger charge is 2.34. The van der Waals surface area contributed by atoms with Crippen LogP contribution in [0.15, 0.2) is 18.2 Å². The quantitative estimate of drug-likeness (QED) is 0.513. The zero-order valence-electron chi connectivity index (χ0n) is 15.8. The van der Waals surface area contributed by atoms with Gasteiger partial charge in [-0.2, -0.15) is 0 Å². The molecule has 1 aromatic carbocycles. The van der Waals surface area contributed by atoms with E-state index in [0.717, 1.165) is 42.4 Å². The zero-order valence-corrected chi connectivity index (χ0v) is 17.4. The third-order valence-corrected chi connectivity index (χ3v) is 7.04. The highest BCUT2D eigenvalue weighted by Crippen LogP contribution is 2.46. The van der Waals surface area contributed by atoms with Gasteiger partial charge in [-0.3, -0.25) is 4.79 Å². The molecule has 29 heavy (non-hydrogen) atoms. The predicted octanol–water partition coefficient (Wildman–Crippen LogP) is 3.48. The van der Waals surface area contributed by atoms with Crippen LogP contribution >= 0.6 is 22.9 Å². The standard InChI is InChI=1S/C19H18N6O2S2/c1-8-21-18(23-10-3-4-11-13(7-10)29-25-24-11)16-15-12(27-2)5-9(17(20)26)6-14(15)28-19(16)22-8/h3-4,7,9,12H,5-6H2,1-2H3,(H2,20,26)(H,21,22,23)/t9-,12?/m0/s1. The molecule has 2 atom stereocenters. The van der Waals surface area contributed by atoms with Gasteiger partial charge in [-0.1, -0.05) is 4.49 Å². The summed E-state index contributed by atoms with van der Waals surface area (Å²) in [5.74, 6) is 0.899. The van der Waals surface area contributed by atoms with Crippen molar-refractivity contribution in [1.29, 1.82) is 0 Å². The zero-order chi connectivity index (χ0) is 20.1. The van der Waals surface area contributed by atoms with Crippen LogP contribution in [0.25, 0.3) is 20.4 Å². The van der Waals surface area contributed by atoms with E-state index in [2.05, 4.69) is 24.9 Å². The first-order valence-electron chi connectivity index (χ1n) is 9.14. The maximum atomic E-state index is 11.8. The molecule has 3 heterocycles. The van der Waals surface area contributed by atoms with E-state index in [4.69, 9.17) is 10.5 Å². The number of benzene rings is 1. The Labute approximate surface area is 174 Å². The Morgan fingerprint density at radius 3 is 3.00 bits per heavy atom. The van der Waals surface area contributed by atoms with Crippen molar-refractivity contribution in [3.8, 4) is 0 Å². The van der Waals surface area contributed by atoms with Crippen LogP contribution in [0.5, 0.6) is 0 Å². The third-order valence-electron chi connectivity index (χ3n) is 5.23. The number of aromatic nitrogens is 4. The minimum atomic E-state index is -0.290. The number of methoxy groups -OCH3 is 1. The lowest BCUT2D eigenvalue weighted by atomic mass is 9.85. The summed E-state index contributed by atoms with van der Waals surface area (Å²) in [5.41, 5.74) is 8.43. The number of ether oxygens (including phenoxy) is 1. The van der Waals surface area contributed by atoms with Gasteiger partial charge in [-0.05, 0) is 49.5 Å². The van der Waals surface area contributed by atoms with Crippen molar-refractivity contribution in [2.75, 3.05) is 12.4 Å². The number of aryl methyl sites for hydroxylation is 1. The van der Waals surface area contributed by atoms with E-state index < -0.39 is 0 Å². The van der Waals surface area contributed by atoms with Crippen LogP contribution in [0.2, 0.25) is 0 Å². The molecule has 4 aromatic rings. The Hall–Kier alpha value is -2.69. The van der Waals surface area contributed by atoms with Crippen molar-refractivity contribution >= 4 is 60.7 Å². The van der Waals surface area contributed by atoms with Gasteiger partial charge < -0.3 is 15.8 Å². The fraction of sp³-hybridized carbons (Fsp3) is 0.316. The Kier molecular flexibility index (Phi) is 4.41. The number of thiophene rings is 1. The lowest BCUT2D eigenvalue weighted by Crippen LogP contribution is -2.30. The van der Waals surface area contributed by atoms with Crippen LogP contribution in [-0.2, 0) is 16.0 Å². The van der Waals surface area contributed by atoms with Crippen molar-refractivity contribution in [2.24, 2.45) is 11.7 Å². The van der Waals surface area contributed by atoms with Crippen molar-refractivity contribution in [2.45, 2.75) is 25.9 Å². The number of anilines is 2. The molecule has 0 bridgehead atoms.